The molecule has 0 amide bonds. The summed E-state index contributed by atoms with van der Waals surface area (Å²) in [6, 6.07) is 0.739. The van der Waals surface area contributed by atoms with Gasteiger partial charge in [0.2, 0.25) is 0 Å². The van der Waals surface area contributed by atoms with Crippen LogP contribution in [0.25, 0.3) is 0 Å². The lowest BCUT2D eigenvalue weighted by atomic mass is 9.92. The number of aliphatic hydroxyl groups is 1. The zero-order chi connectivity index (χ0) is 9.47. The maximum Gasteiger partial charge on any atom is 0.104 e. The van der Waals surface area contributed by atoms with E-state index < -0.39 is 5.60 Å². The summed E-state index contributed by atoms with van der Waals surface area (Å²) >= 11 is 0. The first kappa shape index (κ1) is 9.44. The Balaban J connectivity index is 1.79. The fraction of sp³-hybridized carbons (Fsp3) is 0.900. The Morgan fingerprint density at radius 2 is 1.92 bits per heavy atom. The third kappa shape index (κ3) is 2.03. The molecule has 2 saturated heterocycles. The van der Waals surface area contributed by atoms with Gasteiger partial charge in [0, 0.05) is 13.1 Å². The van der Waals surface area contributed by atoms with Crippen molar-refractivity contribution in [3.63, 3.8) is 0 Å². The van der Waals surface area contributed by atoms with Crippen molar-refractivity contribution in [3.05, 3.63) is 7.05 Å². The number of nitrogens with one attached hydrogen (secondary N) is 1. The van der Waals surface area contributed by atoms with Gasteiger partial charge in [0.25, 0.3) is 0 Å². The quantitative estimate of drug-likeness (QED) is 0.506. The Hall–Kier alpha value is -0.120. The van der Waals surface area contributed by atoms with Gasteiger partial charge in [-0.2, -0.15) is 7.05 Å². The summed E-state index contributed by atoms with van der Waals surface area (Å²) in [7, 11) is 3.96. The Morgan fingerprint density at radius 3 is 2.38 bits per heavy atom. The lowest BCUT2D eigenvalue weighted by molar-refractivity contribution is -0.902. The highest BCUT2D eigenvalue weighted by atomic mass is 16.3. The predicted molar refractivity (Wildman–Crippen MR) is 51.3 cm³/mol. The molecule has 0 radical (unpaired) electrons. The van der Waals surface area contributed by atoms with Crippen LogP contribution in [0.3, 0.4) is 0 Å². The van der Waals surface area contributed by atoms with Gasteiger partial charge in [-0.25, -0.2) is 0 Å². The van der Waals surface area contributed by atoms with Crippen LogP contribution in [0.4, 0.5) is 0 Å². The van der Waals surface area contributed by atoms with Gasteiger partial charge < -0.3 is 10.0 Å². The largest absolute Gasteiger partial charge is 0.465 e. The molecule has 0 unspecified atom stereocenters. The fourth-order valence-electron chi connectivity index (χ4n) is 2.24. The van der Waals surface area contributed by atoms with Crippen LogP contribution in [0.1, 0.15) is 19.8 Å². The van der Waals surface area contributed by atoms with Gasteiger partial charge in [0.15, 0.2) is 0 Å². The van der Waals surface area contributed by atoms with E-state index in [0.717, 1.165) is 32.0 Å². The van der Waals surface area contributed by atoms with Gasteiger partial charge >= 0.3 is 0 Å². The van der Waals surface area contributed by atoms with Crippen LogP contribution < -0.4 is 4.90 Å². The van der Waals surface area contributed by atoms with Gasteiger partial charge in [0.05, 0.1) is 18.7 Å². The molecule has 0 aromatic heterocycles. The van der Waals surface area contributed by atoms with Crippen molar-refractivity contribution < 1.29 is 10.0 Å². The second-order valence-electron chi connectivity index (χ2n) is 4.84. The topological polar surface area (TPSA) is 27.9 Å². The average Bonchev–Trinajstić information content (AvgIpc) is 2.00. The lowest BCUT2D eigenvalue weighted by Crippen LogP contribution is -3.18. The highest BCUT2D eigenvalue weighted by Crippen LogP contribution is 2.22. The molecular weight excluding hydrogens is 164 g/mol. The van der Waals surface area contributed by atoms with Gasteiger partial charge in [-0.05, 0) is 19.8 Å². The molecule has 0 saturated carbocycles. The van der Waals surface area contributed by atoms with Gasteiger partial charge in [-0.15, -0.1) is 0 Å². The Labute approximate surface area is 80.3 Å². The highest BCUT2D eigenvalue weighted by Gasteiger charge is 2.35. The summed E-state index contributed by atoms with van der Waals surface area (Å²) in [6.45, 7) is 6.43. The van der Waals surface area contributed by atoms with Crippen LogP contribution in [0.2, 0.25) is 0 Å². The molecule has 0 atom stereocenters. The number of piperidine rings is 1. The van der Waals surface area contributed by atoms with Crippen molar-refractivity contribution >= 4 is 0 Å². The molecule has 3 heteroatoms. The number of hydrogen-bond donors (Lipinski definition) is 2. The normalized spacial score (nSPS) is 39.9. The molecule has 3 nitrogen and oxygen atoms in total. The van der Waals surface area contributed by atoms with Crippen molar-refractivity contribution in [1.82, 2.24) is 4.90 Å². The molecule has 2 aliphatic rings. The average molecular weight is 184 g/mol. The minimum atomic E-state index is -0.405. The molecule has 0 aromatic carbocycles. The lowest BCUT2D eigenvalue weighted by Gasteiger charge is -2.47. The zero-order valence-electron chi connectivity index (χ0n) is 8.42. The van der Waals surface area contributed by atoms with E-state index in [2.05, 4.69) is 11.9 Å². The van der Waals surface area contributed by atoms with Crippen molar-refractivity contribution in [2.24, 2.45) is 0 Å². The third-order valence-corrected chi connectivity index (χ3v) is 3.44. The summed E-state index contributed by atoms with van der Waals surface area (Å²) < 4.78 is 0. The Morgan fingerprint density at radius 1 is 1.38 bits per heavy atom. The fourth-order valence-corrected chi connectivity index (χ4v) is 2.24. The van der Waals surface area contributed by atoms with Gasteiger partial charge in [0.1, 0.15) is 6.04 Å². The molecule has 13 heavy (non-hydrogen) atoms. The molecule has 2 aliphatic heterocycles. The summed E-state index contributed by atoms with van der Waals surface area (Å²) in [5, 5.41) is 9.77. The van der Waals surface area contributed by atoms with Crippen molar-refractivity contribution in [2.45, 2.75) is 31.4 Å². The van der Waals surface area contributed by atoms with Crippen LogP contribution >= 0.6 is 0 Å². The van der Waals surface area contributed by atoms with E-state index in [1.165, 1.54) is 18.0 Å². The maximum atomic E-state index is 9.77. The molecule has 0 spiro atoms. The first-order valence-corrected chi connectivity index (χ1v) is 5.20. The van der Waals surface area contributed by atoms with Crippen molar-refractivity contribution in [1.29, 1.82) is 0 Å². The standard InChI is InChI=1S/C10H20N2O/c1-10(13)3-5-12(6-4-10)9-7-11(2)8-9/h9,11,13H,2-8H2,1H3. The highest BCUT2D eigenvalue weighted by molar-refractivity contribution is 4.86. The second kappa shape index (κ2) is 3.23. The van der Waals surface area contributed by atoms with E-state index in [0.29, 0.717) is 0 Å². The maximum absolute atomic E-state index is 9.77. The molecule has 2 N–H and O–H groups in total. The molecule has 2 rings (SSSR count). The van der Waals surface area contributed by atoms with E-state index in [4.69, 9.17) is 0 Å². The summed E-state index contributed by atoms with van der Waals surface area (Å²) in [5.74, 6) is 0. The number of hydrogen-bond acceptors (Lipinski definition) is 2. The van der Waals surface area contributed by atoms with E-state index in [1.807, 2.05) is 6.92 Å². The van der Waals surface area contributed by atoms with Crippen LogP contribution in [0.15, 0.2) is 0 Å². The molecule has 76 valence electrons. The van der Waals surface area contributed by atoms with Crippen molar-refractivity contribution in [3.8, 4) is 0 Å². The van der Waals surface area contributed by atoms with Crippen LogP contribution in [-0.2, 0) is 0 Å². The summed E-state index contributed by atoms with van der Waals surface area (Å²) in [5.41, 5.74) is -0.405. The third-order valence-electron chi connectivity index (χ3n) is 3.44. The van der Waals surface area contributed by atoms with E-state index in [9.17, 15) is 5.11 Å². The molecule has 0 aromatic rings. The monoisotopic (exact) mass is 184 g/mol. The number of rotatable bonds is 1. The minimum Gasteiger partial charge on any atom is -0.465 e. The number of quaternary nitrogens is 1. The molecule has 0 bridgehead atoms. The van der Waals surface area contributed by atoms with E-state index in [-0.39, 0.29) is 0 Å². The van der Waals surface area contributed by atoms with Crippen LogP contribution in [0, 0.1) is 7.05 Å². The Kier molecular flexibility index (Phi) is 2.34. The number of likely N-dealkylation sites (tertiary alicyclic amines) is 2. The second-order valence-corrected chi connectivity index (χ2v) is 4.84. The molecular formula is C10H20N2O. The Bertz CT molecular complexity index is 177. The molecule has 2 fully saturated rings. The van der Waals surface area contributed by atoms with E-state index in [1.54, 1.807) is 0 Å². The van der Waals surface area contributed by atoms with E-state index >= 15 is 0 Å². The first-order valence-electron chi connectivity index (χ1n) is 5.20. The summed E-state index contributed by atoms with van der Waals surface area (Å²) in [6.07, 6.45) is 1.85. The SMILES string of the molecule is [CH2-][NH+]1CC(N2CCC(C)(O)CC2)C1. The smallest absolute Gasteiger partial charge is 0.104 e. The molecule has 0 aliphatic carbocycles. The van der Waals surface area contributed by atoms with Gasteiger partial charge in [-0.3, -0.25) is 4.90 Å². The minimum absolute atomic E-state index is 0.405. The molecule has 2 heterocycles. The summed E-state index contributed by atoms with van der Waals surface area (Å²) in [4.78, 5) is 3.90. The first-order chi connectivity index (χ1) is 6.07. The van der Waals surface area contributed by atoms with Gasteiger partial charge in [-0.1, -0.05) is 0 Å². The predicted octanol–water partition coefficient (Wildman–Crippen LogP) is -1.11. The van der Waals surface area contributed by atoms with Crippen LogP contribution in [0.5, 0.6) is 0 Å². The van der Waals surface area contributed by atoms with Crippen LogP contribution in [-0.4, -0.2) is 47.8 Å². The van der Waals surface area contributed by atoms with Crippen molar-refractivity contribution in [2.75, 3.05) is 26.2 Å². The number of nitrogens with zero attached hydrogens (tertiary/aromatic N) is 1. The zero-order valence-corrected chi connectivity index (χ0v) is 8.42.